The summed E-state index contributed by atoms with van der Waals surface area (Å²) < 4.78 is 2.01. The van der Waals surface area contributed by atoms with Gasteiger partial charge in [0, 0.05) is 49.2 Å². The van der Waals surface area contributed by atoms with Crippen LogP contribution >= 0.6 is 0 Å². The first-order chi connectivity index (χ1) is 10.6. The molecule has 1 amide bonds. The number of carbonyl (C=O) groups excluding carboxylic acids is 1. The molecule has 5 nitrogen and oxygen atoms in total. The summed E-state index contributed by atoms with van der Waals surface area (Å²) in [5.74, 6) is -0.413. The van der Waals surface area contributed by atoms with Crippen LogP contribution in [0.1, 0.15) is 29.6 Å². The summed E-state index contributed by atoms with van der Waals surface area (Å²) >= 11 is 0. The molecular formula is C17H20N2O3. The number of fused-ring (bicyclic) bond motifs is 1. The third kappa shape index (κ3) is 2.71. The van der Waals surface area contributed by atoms with E-state index in [1.54, 1.807) is 0 Å². The number of hydrogen-bond donors (Lipinski definition) is 1. The Morgan fingerprint density at radius 3 is 2.91 bits per heavy atom. The van der Waals surface area contributed by atoms with Crippen LogP contribution in [0.25, 0.3) is 10.9 Å². The molecule has 22 heavy (non-hydrogen) atoms. The monoisotopic (exact) mass is 300 g/mol. The predicted octanol–water partition coefficient (Wildman–Crippen LogP) is 2.51. The molecule has 1 unspecified atom stereocenters. The van der Waals surface area contributed by atoms with Gasteiger partial charge in [0.2, 0.25) is 0 Å². The quantitative estimate of drug-likeness (QED) is 0.943. The number of rotatable bonds is 4. The number of nitrogens with zero attached hydrogens (tertiary/aromatic N) is 2. The molecule has 1 atom stereocenters. The first-order valence-electron chi connectivity index (χ1n) is 7.61. The molecule has 5 heteroatoms. The molecule has 116 valence electrons. The molecule has 3 rings (SSSR count). The summed E-state index contributed by atoms with van der Waals surface area (Å²) in [5, 5.41) is 9.74. The van der Waals surface area contributed by atoms with Crippen molar-refractivity contribution in [2.24, 2.45) is 13.0 Å². The molecule has 1 aliphatic rings. The van der Waals surface area contributed by atoms with Gasteiger partial charge in [0.05, 0.1) is 0 Å². The lowest BCUT2D eigenvalue weighted by Gasteiger charge is -2.17. The largest absolute Gasteiger partial charge is 0.481 e. The Hall–Kier alpha value is -2.30. The van der Waals surface area contributed by atoms with Gasteiger partial charge in [-0.25, -0.2) is 0 Å². The van der Waals surface area contributed by atoms with Gasteiger partial charge in [-0.15, -0.1) is 0 Å². The number of aliphatic carboxylic acids is 1. The number of carboxylic acids is 1. The van der Waals surface area contributed by atoms with Crippen molar-refractivity contribution in [3.63, 3.8) is 0 Å². The van der Waals surface area contributed by atoms with Crippen molar-refractivity contribution in [2.75, 3.05) is 13.1 Å². The van der Waals surface area contributed by atoms with Crippen molar-refractivity contribution in [3.05, 3.63) is 36.0 Å². The van der Waals surface area contributed by atoms with E-state index in [4.69, 9.17) is 5.11 Å². The predicted molar refractivity (Wildman–Crippen MR) is 83.8 cm³/mol. The molecule has 1 aromatic carbocycles. The van der Waals surface area contributed by atoms with Crippen molar-refractivity contribution >= 4 is 22.8 Å². The topological polar surface area (TPSA) is 62.5 Å². The number of carbonyl (C=O) groups is 2. The normalized spacial score (nSPS) is 18.0. The van der Waals surface area contributed by atoms with Gasteiger partial charge < -0.3 is 14.6 Å². The maximum Gasteiger partial charge on any atom is 0.303 e. The highest BCUT2D eigenvalue weighted by Gasteiger charge is 2.28. The highest BCUT2D eigenvalue weighted by atomic mass is 16.4. The van der Waals surface area contributed by atoms with Crippen LogP contribution in [-0.4, -0.2) is 39.5 Å². The molecular weight excluding hydrogens is 280 g/mol. The van der Waals surface area contributed by atoms with E-state index in [2.05, 4.69) is 0 Å². The lowest BCUT2D eigenvalue weighted by atomic mass is 10.0. The summed E-state index contributed by atoms with van der Waals surface area (Å²) in [5.41, 5.74) is 1.78. The van der Waals surface area contributed by atoms with Crippen LogP contribution in [0, 0.1) is 5.92 Å². The van der Waals surface area contributed by atoms with Crippen LogP contribution in [0.5, 0.6) is 0 Å². The Kier molecular flexibility index (Phi) is 3.88. The van der Waals surface area contributed by atoms with E-state index in [0.717, 1.165) is 22.9 Å². The molecule has 1 fully saturated rings. The first-order valence-corrected chi connectivity index (χ1v) is 7.61. The second-order valence-electron chi connectivity index (χ2n) is 6.00. The number of aryl methyl sites for hydroxylation is 1. The third-order valence-corrected chi connectivity index (χ3v) is 4.50. The summed E-state index contributed by atoms with van der Waals surface area (Å²) in [6, 6.07) is 7.76. The molecule has 2 heterocycles. The van der Waals surface area contributed by atoms with Crippen LogP contribution in [0.3, 0.4) is 0 Å². The summed E-state index contributed by atoms with van der Waals surface area (Å²) in [6.07, 6.45) is 3.68. The SMILES string of the molecule is Cn1ccc2c(C(=O)N3CCC(CCC(=O)O)C3)cccc21. The number of benzene rings is 1. The molecule has 0 bridgehead atoms. The fourth-order valence-corrected chi connectivity index (χ4v) is 3.24. The van der Waals surface area contributed by atoms with E-state index in [1.807, 2.05) is 47.0 Å². The summed E-state index contributed by atoms with van der Waals surface area (Å²) in [6.45, 7) is 1.38. The van der Waals surface area contributed by atoms with Gasteiger partial charge in [-0.1, -0.05) is 6.07 Å². The van der Waals surface area contributed by atoms with E-state index in [1.165, 1.54) is 0 Å². The maximum atomic E-state index is 12.8. The van der Waals surface area contributed by atoms with Crippen LogP contribution in [0.15, 0.2) is 30.5 Å². The van der Waals surface area contributed by atoms with E-state index >= 15 is 0 Å². The Balaban J connectivity index is 1.75. The first kappa shape index (κ1) is 14.6. The van der Waals surface area contributed by atoms with Crippen LogP contribution in [-0.2, 0) is 11.8 Å². The maximum absolute atomic E-state index is 12.8. The highest BCUT2D eigenvalue weighted by Crippen LogP contribution is 2.26. The van der Waals surface area contributed by atoms with E-state index < -0.39 is 5.97 Å². The van der Waals surface area contributed by atoms with Crippen molar-refractivity contribution < 1.29 is 14.7 Å². The highest BCUT2D eigenvalue weighted by molar-refractivity contribution is 6.06. The van der Waals surface area contributed by atoms with Gasteiger partial charge in [0.15, 0.2) is 0 Å². The molecule has 0 spiro atoms. The van der Waals surface area contributed by atoms with Crippen LogP contribution < -0.4 is 0 Å². The summed E-state index contributed by atoms with van der Waals surface area (Å²) in [7, 11) is 1.97. The van der Waals surface area contributed by atoms with Gasteiger partial charge in [-0.3, -0.25) is 9.59 Å². The minimum Gasteiger partial charge on any atom is -0.481 e. The Labute approximate surface area is 129 Å². The Morgan fingerprint density at radius 2 is 2.14 bits per heavy atom. The number of aromatic nitrogens is 1. The van der Waals surface area contributed by atoms with Crippen LogP contribution in [0.2, 0.25) is 0 Å². The minimum absolute atomic E-state index is 0.0506. The zero-order valence-electron chi connectivity index (χ0n) is 12.7. The zero-order chi connectivity index (χ0) is 15.7. The number of amides is 1. The molecule has 1 aromatic heterocycles. The van der Waals surface area contributed by atoms with Gasteiger partial charge in [-0.2, -0.15) is 0 Å². The average Bonchev–Trinajstić information content (AvgIpc) is 3.12. The lowest BCUT2D eigenvalue weighted by molar-refractivity contribution is -0.137. The molecule has 0 aliphatic carbocycles. The van der Waals surface area contributed by atoms with E-state index in [0.29, 0.717) is 25.4 Å². The second kappa shape index (κ2) is 5.83. The summed E-state index contributed by atoms with van der Waals surface area (Å²) in [4.78, 5) is 25.3. The minimum atomic E-state index is -0.765. The van der Waals surface area contributed by atoms with Crippen molar-refractivity contribution in [2.45, 2.75) is 19.3 Å². The Bertz CT molecular complexity index is 720. The smallest absolute Gasteiger partial charge is 0.303 e. The number of likely N-dealkylation sites (tertiary alicyclic amines) is 1. The lowest BCUT2D eigenvalue weighted by Crippen LogP contribution is -2.28. The molecule has 0 saturated carbocycles. The fourth-order valence-electron chi connectivity index (χ4n) is 3.24. The van der Waals surface area contributed by atoms with E-state index in [-0.39, 0.29) is 12.3 Å². The van der Waals surface area contributed by atoms with E-state index in [9.17, 15) is 9.59 Å². The number of carboxylic acid groups (broad SMARTS) is 1. The number of hydrogen-bond acceptors (Lipinski definition) is 2. The second-order valence-corrected chi connectivity index (χ2v) is 6.00. The molecule has 1 aliphatic heterocycles. The van der Waals surface area contributed by atoms with Gasteiger partial charge in [-0.05, 0) is 37.0 Å². The standard InChI is InChI=1S/C17H20N2O3/c1-18-9-8-13-14(3-2-4-15(13)18)17(22)19-10-7-12(11-19)5-6-16(20)21/h2-4,8-9,12H,5-7,10-11H2,1H3,(H,20,21). The average molecular weight is 300 g/mol. The van der Waals surface area contributed by atoms with Crippen molar-refractivity contribution in [1.82, 2.24) is 9.47 Å². The van der Waals surface area contributed by atoms with Crippen molar-refractivity contribution in [1.29, 1.82) is 0 Å². The van der Waals surface area contributed by atoms with Crippen molar-refractivity contribution in [3.8, 4) is 0 Å². The molecule has 1 N–H and O–H groups in total. The van der Waals surface area contributed by atoms with Crippen LogP contribution in [0.4, 0.5) is 0 Å². The molecule has 2 aromatic rings. The third-order valence-electron chi connectivity index (χ3n) is 4.50. The Morgan fingerprint density at radius 1 is 1.32 bits per heavy atom. The fraction of sp³-hybridized carbons (Fsp3) is 0.412. The zero-order valence-corrected chi connectivity index (χ0v) is 12.7. The van der Waals surface area contributed by atoms with Gasteiger partial charge >= 0.3 is 5.97 Å². The van der Waals surface area contributed by atoms with Gasteiger partial charge in [0.1, 0.15) is 0 Å². The molecule has 0 radical (unpaired) electrons. The molecule has 1 saturated heterocycles. The van der Waals surface area contributed by atoms with Gasteiger partial charge in [0.25, 0.3) is 5.91 Å².